The second-order valence-corrected chi connectivity index (χ2v) is 10.7. The average Bonchev–Trinajstić information content (AvgIpc) is 2.96. The third-order valence-electron chi connectivity index (χ3n) is 6.31. The van der Waals surface area contributed by atoms with E-state index >= 15 is 0 Å². The molecule has 14 heteroatoms. The highest BCUT2D eigenvalue weighted by molar-refractivity contribution is 6.31. The molecular weight excluding hydrogens is 640 g/mol. The van der Waals surface area contributed by atoms with Gasteiger partial charge in [0.15, 0.2) is 30.5 Å². The summed E-state index contributed by atoms with van der Waals surface area (Å²) in [5.74, 6) is -4.47. The average molecular weight is 679 g/mol. The van der Waals surface area contributed by atoms with E-state index in [9.17, 15) is 28.8 Å². The van der Waals surface area contributed by atoms with Gasteiger partial charge in [0.25, 0.3) is 0 Å². The Labute approximate surface area is 277 Å². The first-order valence-corrected chi connectivity index (χ1v) is 15.0. The summed E-state index contributed by atoms with van der Waals surface area (Å²) in [7, 11) is 0. The molecule has 0 N–H and O–H groups in total. The normalized spacial score (nSPS) is 13.9. The molecule has 1 unspecified atom stereocenters. The second-order valence-electron chi connectivity index (χ2n) is 10.3. The zero-order valence-corrected chi connectivity index (χ0v) is 28.0. The molecule has 2 aromatic rings. The Balaban J connectivity index is 2.75. The van der Waals surface area contributed by atoms with Crippen LogP contribution in [0.15, 0.2) is 42.5 Å². The molecule has 0 amide bonds. The maximum Gasteiger partial charge on any atom is 0.303 e. The molecule has 0 bridgehead atoms. The van der Waals surface area contributed by atoms with Gasteiger partial charge in [-0.25, -0.2) is 0 Å². The predicted octanol–water partition coefficient (Wildman–Crippen LogP) is 4.22. The van der Waals surface area contributed by atoms with Crippen molar-refractivity contribution in [3.8, 4) is 5.75 Å². The minimum Gasteiger partial charge on any atom is -0.494 e. The van der Waals surface area contributed by atoms with Crippen LogP contribution >= 0.6 is 11.6 Å². The molecule has 256 valence electrons. The molecule has 13 nitrogen and oxygen atoms in total. The lowest BCUT2D eigenvalue weighted by Gasteiger charge is -2.38. The van der Waals surface area contributed by atoms with E-state index in [1.807, 2.05) is 31.2 Å². The van der Waals surface area contributed by atoms with Gasteiger partial charge in [-0.05, 0) is 48.2 Å². The summed E-state index contributed by atoms with van der Waals surface area (Å²) in [5.41, 5.74) is 1.73. The third kappa shape index (κ3) is 12.9. The van der Waals surface area contributed by atoms with Crippen molar-refractivity contribution in [2.45, 2.75) is 85.4 Å². The lowest BCUT2D eigenvalue weighted by atomic mass is 9.92. The monoisotopic (exact) mass is 678 g/mol. The van der Waals surface area contributed by atoms with Crippen LogP contribution in [0.1, 0.15) is 71.3 Å². The van der Waals surface area contributed by atoms with E-state index in [-0.39, 0.29) is 5.56 Å². The lowest BCUT2D eigenvalue weighted by Crippen LogP contribution is -2.54. The number of halogens is 1. The number of esters is 6. The van der Waals surface area contributed by atoms with Gasteiger partial charge in [-0.3, -0.25) is 28.8 Å². The smallest absolute Gasteiger partial charge is 0.303 e. The molecule has 0 aliphatic rings. The largest absolute Gasteiger partial charge is 0.494 e. The second kappa shape index (κ2) is 18.5. The number of hydrogen-bond acceptors (Lipinski definition) is 13. The van der Waals surface area contributed by atoms with Gasteiger partial charge in [-0.1, -0.05) is 35.9 Å². The fraction of sp³-hybridized carbons (Fsp3) is 0.455. The van der Waals surface area contributed by atoms with Gasteiger partial charge in [-0.15, -0.1) is 0 Å². The van der Waals surface area contributed by atoms with Gasteiger partial charge < -0.3 is 33.2 Å². The molecule has 0 fully saturated rings. The minimum absolute atomic E-state index is 0.263. The molecule has 2 aromatic carbocycles. The zero-order valence-electron chi connectivity index (χ0n) is 27.2. The first kappa shape index (κ1) is 38.5. The SMILES string of the molecule is CCOc1ccc(Cc2cc([C@@H](OC(C)=O)[C@H](OC(C)=O)[C@@H](OC(C)=O)[C@H](OC(C)=O)C(COC(C)=O)OC(C)=O)ccc2Cl)cc1. The van der Waals surface area contributed by atoms with E-state index in [1.54, 1.807) is 12.1 Å². The van der Waals surface area contributed by atoms with Crippen LogP contribution in [0, 0.1) is 0 Å². The number of carbonyl (C=O) groups excluding carboxylic acids is 6. The van der Waals surface area contributed by atoms with Crippen molar-refractivity contribution in [1.29, 1.82) is 0 Å². The Morgan fingerprint density at radius 1 is 0.638 bits per heavy atom. The Hall–Kier alpha value is -4.65. The standard InChI is InChI=1S/C33H39ClO13/c1-8-41-27-12-9-24(10-13-27)15-26-16-25(11-14-28(26)34)30(44-20(4)37)32(46-22(6)39)33(47-23(7)40)31(45-21(5)38)29(43-19(3)36)17-42-18(2)35/h9-14,16,29-33H,8,15,17H2,1-7H3/t29?,30-,31-,32+,33+/m1/s1. The molecule has 5 atom stereocenters. The van der Waals surface area contributed by atoms with Gasteiger partial charge in [0.2, 0.25) is 0 Å². The maximum absolute atomic E-state index is 12.5. The van der Waals surface area contributed by atoms with E-state index in [0.29, 0.717) is 29.4 Å². The first-order chi connectivity index (χ1) is 22.1. The maximum atomic E-state index is 12.5. The van der Waals surface area contributed by atoms with E-state index in [4.69, 9.17) is 44.8 Å². The summed E-state index contributed by atoms with van der Waals surface area (Å²) in [6.45, 7) is 8.13. The summed E-state index contributed by atoms with van der Waals surface area (Å²) < 4.78 is 38.2. The third-order valence-corrected chi connectivity index (χ3v) is 6.68. The predicted molar refractivity (Wildman–Crippen MR) is 165 cm³/mol. The van der Waals surface area contributed by atoms with Crippen LogP contribution in [-0.4, -0.2) is 73.4 Å². The molecule has 0 spiro atoms. The van der Waals surface area contributed by atoms with Crippen LogP contribution in [0.2, 0.25) is 5.02 Å². The van der Waals surface area contributed by atoms with Crippen LogP contribution in [0.3, 0.4) is 0 Å². The molecule has 0 aliphatic carbocycles. The topological polar surface area (TPSA) is 167 Å². The van der Waals surface area contributed by atoms with Crippen LogP contribution in [-0.2, 0) is 63.6 Å². The number of carbonyl (C=O) groups is 6. The van der Waals surface area contributed by atoms with E-state index in [0.717, 1.165) is 47.1 Å². The van der Waals surface area contributed by atoms with Gasteiger partial charge >= 0.3 is 35.8 Å². The van der Waals surface area contributed by atoms with Gasteiger partial charge in [0.1, 0.15) is 12.4 Å². The van der Waals surface area contributed by atoms with E-state index < -0.39 is 72.9 Å². The number of benzene rings is 2. The molecule has 0 aromatic heterocycles. The van der Waals surface area contributed by atoms with Crippen molar-refractivity contribution < 1.29 is 61.9 Å². The van der Waals surface area contributed by atoms with E-state index in [1.165, 1.54) is 6.07 Å². The fourth-order valence-corrected chi connectivity index (χ4v) is 4.85. The lowest BCUT2D eigenvalue weighted by molar-refractivity contribution is -0.214. The summed E-state index contributed by atoms with van der Waals surface area (Å²) in [5, 5.41) is 0.374. The van der Waals surface area contributed by atoms with Crippen molar-refractivity contribution in [3.63, 3.8) is 0 Å². The summed E-state index contributed by atoms with van der Waals surface area (Å²) >= 11 is 6.56. The Kier molecular flexibility index (Phi) is 15.2. The highest BCUT2D eigenvalue weighted by atomic mass is 35.5. The summed E-state index contributed by atoms with van der Waals surface area (Å²) in [6.07, 6.45) is -7.89. The van der Waals surface area contributed by atoms with Gasteiger partial charge in [0.05, 0.1) is 6.61 Å². The molecule has 0 radical (unpaired) electrons. The van der Waals surface area contributed by atoms with Gasteiger partial charge in [0, 0.05) is 46.6 Å². The Morgan fingerprint density at radius 3 is 1.68 bits per heavy atom. The van der Waals surface area contributed by atoms with E-state index in [2.05, 4.69) is 0 Å². The van der Waals surface area contributed by atoms with Crippen molar-refractivity contribution in [3.05, 3.63) is 64.2 Å². The van der Waals surface area contributed by atoms with Crippen LogP contribution in [0.25, 0.3) is 0 Å². The van der Waals surface area contributed by atoms with Gasteiger partial charge in [-0.2, -0.15) is 0 Å². The summed E-state index contributed by atoms with van der Waals surface area (Å²) in [6, 6.07) is 12.0. The first-order valence-electron chi connectivity index (χ1n) is 14.6. The van der Waals surface area contributed by atoms with Crippen molar-refractivity contribution in [1.82, 2.24) is 0 Å². The quantitative estimate of drug-likeness (QED) is 0.183. The molecule has 0 saturated carbocycles. The van der Waals surface area contributed by atoms with Crippen LogP contribution < -0.4 is 4.74 Å². The molecule has 0 heterocycles. The van der Waals surface area contributed by atoms with Crippen LogP contribution in [0.4, 0.5) is 0 Å². The summed E-state index contributed by atoms with van der Waals surface area (Å²) in [4.78, 5) is 73.5. The van der Waals surface area contributed by atoms with Crippen LogP contribution in [0.5, 0.6) is 5.75 Å². The van der Waals surface area contributed by atoms with Crippen molar-refractivity contribution in [2.75, 3.05) is 13.2 Å². The number of rotatable bonds is 16. The molecule has 47 heavy (non-hydrogen) atoms. The molecule has 0 aliphatic heterocycles. The molecule has 2 rings (SSSR count). The Morgan fingerprint density at radius 2 is 1.17 bits per heavy atom. The number of ether oxygens (including phenoxy) is 7. The van der Waals surface area contributed by atoms with Crippen molar-refractivity contribution >= 4 is 47.4 Å². The highest BCUT2D eigenvalue weighted by Gasteiger charge is 2.48. The van der Waals surface area contributed by atoms with Crippen molar-refractivity contribution in [2.24, 2.45) is 0 Å². The zero-order chi connectivity index (χ0) is 35.3. The number of hydrogen-bond donors (Lipinski definition) is 0. The Bertz CT molecular complexity index is 1420. The minimum atomic E-state index is -1.77. The molecular formula is C33H39ClO13. The molecule has 0 saturated heterocycles. The highest BCUT2D eigenvalue weighted by Crippen LogP contribution is 2.34. The fourth-order valence-electron chi connectivity index (χ4n) is 4.66.